The van der Waals surface area contributed by atoms with Crippen molar-refractivity contribution in [3.05, 3.63) is 60.6 Å². The van der Waals surface area contributed by atoms with Gasteiger partial charge in [0.2, 0.25) is 0 Å². The average Bonchev–Trinajstić information content (AvgIpc) is 2.96. The largest absolute Gasteiger partial charge is 0.305 e. The van der Waals surface area contributed by atoms with Crippen LogP contribution in [-0.4, -0.2) is 23.6 Å². The van der Waals surface area contributed by atoms with E-state index in [2.05, 4.69) is 9.71 Å². The first-order valence-electron chi connectivity index (χ1n) is 6.53. The molecule has 0 atom stereocenters. The van der Waals surface area contributed by atoms with Crippen molar-refractivity contribution in [3.63, 3.8) is 0 Å². The average molecular weight is 315 g/mol. The molecule has 0 aliphatic heterocycles. The Hall–Kier alpha value is -2.67. The molecule has 0 spiro atoms. The van der Waals surface area contributed by atoms with Crippen molar-refractivity contribution in [2.24, 2.45) is 0 Å². The predicted molar refractivity (Wildman–Crippen MR) is 82.4 cm³/mol. The van der Waals surface area contributed by atoms with E-state index < -0.39 is 10.0 Å². The van der Waals surface area contributed by atoms with E-state index in [1.807, 2.05) is 0 Å². The van der Waals surface area contributed by atoms with Crippen molar-refractivity contribution in [3.8, 4) is 0 Å². The molecule has 1 aromatic carbocycles. The number of nitrogens with zero attached hydrogens (tertiary/aromatic N) is 2. The normalized spacial score (nSPS) is 11.5. The fourth-order valence-corrected chi connectivity index (χ4v) is 3.16. The van der Waals surface area contributed by atoms with Crippen LogP contribution in [0.25, 0.3) is 5.65 Å². The second-order valence-corrected chi connectivity index (χ2v) is 6.45. The summed E-state index contributed by atoms with van der Waals surface area (Å²) >= 11 is 0. The summed E-state index contributed by atoms with van der Waals surface area (Å²) < 4.78 is 29.1. The Morgan fingerprint density at radius 3 is 2.55 bits per heavy atom. The predicted octanol–water partition coefficient (Wildman–Crippen LogP) is 2.34. The van der Waals surface area contributed by atoms with E-state index in [0.29, 0.717) is 16.9 Å². The number of anilines is 1. The summed E-state index contributed by atoms with van der Waals surface area (Å²) in [5.41, 5.74) is 1.38. The zero-order valence-corrected chi connectivity index (χ0v) is 12.5. The van der Waals surface area contributed by atoms with E-state index >= 15 is 0 Å². The number of imidazole rings is 1. The highest BCUT2D eigenvalue weighted by Gasteiger charge is 2.16. The minimum absolute atomic E-state index is 0.0889. The summed E-state index contributed by atoms with van der Waals surface area (Å²) in [4.78, 5) is 15.5. The summed E-state index contributed by atoms with van der Waals surface area (Å²) in [5.74, 6) is -0.112. The molecule has 7 heteroatoms. The maximum absolute atomic E-state index is 12.4. The molecule has 1 N–H and O–H groups in total. The van der Waals surface area contributed by atoms with Crippen LogP contribution < -0.4 is 4.72 Å². The topological polar surface area (TPSA) is 80.5 Å². The molecule has 3 rings (SSSR count). The summed E-state index contributed by atoms with van der Waals surface area (Å²) in [5, 5.41) is 0. The van der Waals surface area contributed by atoms with Crippen LogP contribution in [0.15, 0.2) is 59.9 Å². The Balaban J connectivity index is 1.96. The van der Waals surface area contributed by atoms with E-state index in [4.69, 9.17) is 0 Å². The van der Waals surface area contributed by atoms with Gasteiger partial charge in [-0.1, -0.05) is 12.1 Å². The maximum Gasteiger partial charge on any atom is 0.262 e. The number of hydrogen-bond donors (Lipinski definition) is 1. The third kappa shape index (κ3) is 2.58. The van der Waals surface area contributed by atoms with E-state index in [9.17, 15) is 13.2 Å². The second kappa shape index (κ2) is 5.27. The first-order valence-corrected chi connectivity index (χ1v) is 8.01. The molecule has 0 unspecified atom stereocenters. The Morgan fingerprint density at radius 1 is 1.14 bits per heavy atom. The molecule has 2 aromatic heterocycles. The molecule has 0 saturated heterocycles. The minimum atomic E-state index is -3.74. The fourth-order valence-electron chi connectivity index (χ4n) is 2.10. The lowest BCUT2D eigenvalue weighted by molar-refractivity contribution is 0.101. The Morgan fingerprint density at radius 2 is 1.86 bits per heavy atom. The molecule has 22 heavy (non-hydrogen) atoms. The van der Waals surface area contributed by atoms with Gasteiger partial charge in [0.05, 0.1) is 10.6 Å². The van der Waals surface area contributed by atoms with Crippen LogP contribution in [-0.2, 0) is 10.0 Å². The van der Waals surface area contributed by atoms with Gasteiger partial charge in [0, 0.05) is 24.2 Å². The van der Waals surface area contributed by atoms with Gasteiger partial charge >= 0.3 is 0 Å². The van der Waals surface area contributed by atoms with E-state index in [-0.39, 0.29) is 10.7 Å². The van der Waals surface area contributed by atoms with Gasteiger partial charge in [-0.25, -0.2) is 13.4 Å². The number of fused-ring (bicyclic) bond motifs is 1. The molecular weight excluding hydrogens is 302 g/mol. The number of Topliss-reactive ketones (excluding diaryl/α,β-unsaturated/α-hetero) is 1. The van der Waals surface area contributed by atoms with Crippen LogP contribution in [0.1, 0.15) is 17.3 Å². The van der Waals surface area contributed by atoms with E-state index in [1.165, 1.54) is 31.2 Å². The molecule has 0 aliphatic carbocycles. The lowest BCUT2D eigenvalue weighted by atomic mass is 10.2. The maximum atomic E-state index is 12.4. The number of aromatic nitrogens is 2. The number of benzene rings is 1. The monoisotopic (exact) mass is 315 g/mol. The quantitative estimate of drug-likeness (QED) is 0.749. The standard InChI is InChI=1S/C15H13N3O3S/c1-11(19)12-4-6-13(7-5-12)22(20,21)17-14-3-2-9-18-10-8-16-15(14)18/h2-10,17H,1H3. The van der Waals surface area contributed by atoms with Gasteiger partial charge in [0.15, 0.2) is 11.4 Å². The minimum Gasteiger partial charge on any atom is -0.305 e. The van der Waals surface area contributed by atoms with Crippen molar-refractivity contribution in [2.75, 3.05) is 4.72 Å². The highest BCUT2D eigenvalue weighted by atomic mass is 32.2. The molecule has 112 valence electrons. The van der Waals surface area contributed by atoms with Crippen LogP contribution in [0, 0.1) is 0 Å². The lowest BCUT2D eigenvalue weighted by Crippen LogP contribution is -2.14. The molecule has 0 saturated carbocycles. The molecule has 0 aliphatic rings. The lowest BCUT2D eigenvalue weighted by Gasteiger charge is -2.09. The Kier molecular flexibility index (Phi) is 3.42. The first-order chi connectivity index (χ1) is 10.5. The molecule has 3 aromatic rings. The third-order valence-corrected chi connectivity index (χ3v) is 4.62. The van der Waals surface area contributed by atoms with Gasteiger partial charge in [-0.2, -0.15) is 0 Å². The highest BCUT2D eigenvalue weighted by Crippen LogP contribution is 2.20. The van der Waals surface area contributed by atoms with Crippen molar-refractivity contribution >= 4 is 27.1 Å². The van der Waals surface area contributed by atoms with Crippen LogP contribution in [0.3, 0.4) is 0 Å². The van der Waals surface area contributed by atoms with Crippen LogP contribution in [0.5, 0.6) is 0 Å². The molecule has 2 heterocycles. The zero-order chi connectivity index (χ0) is 15.7. The van der Waals surface area contributed by atoms with E-state index in [1.54, 1.807) is 35.1 Å². The highest BCUT2D eigenvalue weighted by molar-refractivity contribution is 7.92. The van der Waals surface area contributed by atoms with Crippen molar-refractivity contribution < 1.29 is 13.2 Å². The van der Waals surface area contributed by atoms with Crippen molar-refractivity contribution in [1.29, 1.82) is 0 Å². The number of hydrogen-bond acceptors (Lipinski definition) is 4. The number of nitrogens with one attached hydrogen (secondary N) is 1. The van der Waals surface area contributed by atoms with Crippen molar-refractivity contribution in [1.82, 2.24) is 9.38 Å². The molecular formula is C15H13N3O3S. The number of sulfonamides is 1. The van der Waals surface area contributed by atoms with Gasteiger partial charge in [0.25, 0.3) is 10.0 Å². The summed E-state index contributed by atoms with van der Waals surface area (Å²) in [6.07, 6.45) is 5.10. The molecule has 0 amide bonds. The van der Waals surface area contributed by atoms with Gasteiger partial charge < -0.3 is 4.40 Å². The van der Waals surface area contributed by atoms with Gasteiger partial charge in [-0.05, 0) is 31.2 Å². The number of ketones is 1. The number of carbonyl (C=O) groups excluding carboxylic acids is 1. The van der Waals surface area contributed by atoms with Gasteiger partial charge in [-0.15, -0.1) is 0 Å². The summed E-state index contributed by atoms with van der Waals surface area (Å²) in [6, 6.07) is 9.17. The molecule has 0 fully saturated rings. The molecule has 6 nitrogen and oxygen atoms in total. The first kappa shape index (κ1) is 14.3. The number of carbonyl (C=O) groups is 1. The fraction of sp³-hybridized carbons (Fsp3) is 0.0667. The van der Waals surface area contributed by atoms with Crippen LogP contribution >= 0.6 is 0 Å². The Labute approximate surface area is 127 Å². The van der Waals surface area contributed by atoms with Crippen LogP contribution in [0.2, 0.25) is 0 Å². The number of pyridine rings is 1. The van der Waals surface area contributed by atoms with Crippen LogP contribution in [0.4, 0.5) is 5.69 Å². The van der Waals surface area contributed by atoms with E-state index in [0.717, 1.165) is 0 Å². The molecule has 0 bridgehead atoms. The molecule has 0 radical (unpaired) electrons. The summed E-state index contributed by atoms with van der Waals surface area (Å²) in [7, 11) is -3.74. The second-order valence-electron chi connectivity index (χ2n) is 4.77. The third-order valence-electron chi connectivity index (χ3n) is 3.23. The SMILES string of the molecule is CC(=O)c1ccc(S(=O)(=O)Nc2cccn3ccnc23)cc1. The summed E-state index contributed by atoms with van der Waals surface area (Å²) in [6.45, 7) is 1.43. The van der Waals surface area contributed by atoms with Gasteiger partial charge in [0.1, 0.15) is 0 Å². The number of rotatable bonds is 4. The Bertz CT molecular complexity index is 944. The smallest absolute Gasteiger partial charge is 0.262 e. The van der Waals surface area contributed by atoms with Gasteiger partial charge in [-0.3, -0.25) is 9.52 Å². The zero-order valence-electron chi connectivity index (χ0n) is 11.7. The van der Waals surface area contributed by atoms with Crippen molar-refractivity contribution in [2.45, 2.75) is 11.8 Å².